The third-order valence-corrected chi connectivity index (χ3v) is 3.44. The number of aliphatic hydroxyl groups is 1. The number of benzene rings is 2. The van der Waals surface area contributed by atoms with Crippen LogP contribution in [0.5, 0.6) is 0 Å². The molecule has 0 unspecified atom stereocenters. The largest absolute Gasteiger partial charge is 0.390 e. The Hall–Kier alpha value is -2.65. The smallest absolute Gasteiger partial charge is 0.195 e. The number of aliphatic hydroxyl groups excluding tert-OH is 1. The molecule has 1 N–H and O–H groups in total. The fourth-order valence-electron chi connectivity index (χ4n) is 2.40. The van der Waals surface area contributed by atoms with Crippen LogP contribution in [0.2, 0.25) is 0 Å². The molecule has 0 amide bonds. The van der Waals surface area contributed by atoms with Crippen molar-refractivity contribution in [1.82, 2.24) is 4.57 Å². The lowest BCUT2D eigenvalue weighted by Crippen LogP contribution is -2.08. The standard InChI is InChI=1S/C18H15NO2/c20-13-15-9-6-12-19(15)17-11-5-4-10-16(17)18(21)14-7-2-1-3-8-14/h1-12,20H,13H2. The summed E-state index contributed by atoms with van der Waals surface area (Å²) in [4.78, 5) is 12.7. The van der Waals surface area contributed by atoms with E-state index >= 15 is 0 Å². The number of para-hydroxylation sites is 1. The van der Waals surface area contributed by atoms with Crippen molar-refractivity contribution in [3.63, 3.8) is 0 Å². The topological polar surface area (TPSA) is 42.2 Å². The maximum atomic E-state index is 12.7. The summed E-state index contributed by atoms with van der Waals surface area (Å²) in [6, 6.07) is 20.3. The van der Waals surface area contributed by atoms with Crippen molar-refractivity contribution in [1.29, 1.82) is 0 Å². The van der Waals surface area contributed by atoms with Crippen molar-refractivity contribution < 1.29 is 9.90 Å². The molecule has 0 spiro atoms. The Balaban J connectivity index is 2.11. The minimum Gasteiger partial charge on any atom is -0.390 e. The van der Waals surface area contributed by atoms with Crippen LogP contribution in [0.4, 0.5) is 0 Å². The number of rotatable bonds is 4. The maximum Gasteiger partial charge on any atom is 0.195 e. The summed E-state index contributed by atoms with van der Waals surface area (Å²) >= 11 is 0. The van der Waals surface area contributed by atoms with Gasteiger partial charge in [0.05, 0.1) is 12.3 Å². The predicted octanol–water partition coefficient (Wildman–Crippen LogP) is 3.20. The van der Waals surface area contributed by atoms with Gasteiger partial charge >= 0.3 is 0 Å². The van der Waals surface area contributed by atoms with Gasteiger partial charge in [-0.3, -0.25) is 4.79 Å². The molecule has 3 rings (SSSR count). The summed E-state index contributed by atoms with van der Waals surface area (Å²) in [5.74, 6) is -0.0243. The van der Waals surface area contributed by atoms with Crippen molar-refractivity contribution in [3.05, 3.63) is 89.7 Å². The average Bonchev–Trinajstić information content (AvgIpc) is 3.03. The molecule has 0 atom stereocenters. The number of aromatic nitrogens is 1. The molecule has 3 heteroatoms. The molecule has 3 aromatic rings. The van der Waals surface area contributed by atoms with Crippen molar-refractivity contribution >= 4 is 5.78 Å². The van der Waals surface area contributed by atoms with Gasteiger partial charge in [-0.2, -0.15) is 0 Å². The Morgan fingerprint density at radius 3 is 2.38 bits per heavy atom. The second-order valence-electron chi connectivity index (χ2n) is 4.74. The van der Waals surface area contributed by atoms with Gasteiger partial charge in [0.15, 0.2) is 5.78 Å². The number of carbonyl (C=O) groups excluding carboxylic acids is 1. The van der Waals surface area contributed by atoms with Gasteiger partial charge in [-0.15, -0.1) is 0 Å². The van der Waals surface area contributed by atoms with Gasteiger partial charge in [0, 0.05) is 23.0 Å². The molecule has 0 bridgehead atoms. The normalized spacial score (nSPS) is 10.5. The van der Waals surface area contributed by atoms with Gasteiger partial charge in [-0.05, 0) is 24.3 Å². The first-order chi connectivity index (χ1) is 10.3. The molecule has 0 saturated carbocycles. The second kappa shape index (κ2) is 5.77. The third-order valence-electron chi connectivity index (χ3n) is 3.44. The Morgan fingerprint density at radius 1 is 0.905 bits per heavy atom. The molecule has 3 nitrogen and oxygen atoms in total. The Morgan fingerprint density at radius 2 is 1.62 bits per heavy atom. The predicted molar refractivity (Wildman–Crippen MR) is 81.6 cm³/mol. The first-order valence-corrected chi connectivity index (χ1v) is 6.77. The molecule has 0 aliphatic heterocycles. The van der Waals surface area contributed by atoms with E-state index in [0.717, 1.165) is 11.4 Å². The van der Waals surface area contributed by atoms with Crippen molar-refractivity contribution in [2.45, 2.75) is 6.61 Å². The van der Waals surface area contributed by atoms with E-state index in [1.807, 2.05) is 77.5 Å². The van der Waals surface area contributed by atoms with Crippen molar-refractivity contribution in [3.8, 4) is 5.69 Å². The average molecular weight is 277 g/mol. The van der Waals surface area contributed by atoms with E-state index in [9.17, 15) is 9.90 Å². The molecule has 0 fully saturated rings. The third kappa shape index (κ3) is 2.51. The Labute approximate surface area is 123 Å². The van der Waals surface area contributed by atoms with Crippen LogP contribution in [-0.4, -0.2) is 15.5 Å². The van der Waals surface area contributed by atoms with Gasteiger partial charge in [0.2, 0.25) is 0 Å². The van der Waals surface area contributed by atoms with E-state index in [1.54, 1.807) is 0 Å². The second-order valence-corrected chi connectivity index (χ2v) is 4.74. The lowest BCUT2D eigenvalue weighted by Gasteiger charge is -2.12. The van der Waals surface area contributed by atoms with E-state index < -0.39 is 0 Å². The van der Waals surface area contributed by atoms with Crippen LogP contribution in [0.15, 0.2) is 72.9 Å². The van der Waals surface area contributed by atoms with Gasteiger partial charge in [-0.25, -0.2) is 0 Å². The van der Waals surface area contributed by atoms with E-state index in [4.69, 9.17) is 0 Å². The zero-order valence-corrected chi connectivity index (χ0v) is 11.4. The van der Waals surface area contributed by atoms with E-state index in [0.29, 0.717) is 11.1 Å². The van der Waals surface area contributed by atoms with Gasteiger partial charge in [-0.1, -0.05) is 42.5 Å². The molecule has 21 heavy (non-hydrogen) atoms. The molecule has 0 aliphatic carbocycles. The number of nitrogens with zero attached hydrogens (tertiary/aromatic N) is 1. The Kier molecular flexibility index (Phi) is 3.67. The number of ketones is 1. The molecule has 0 saturated heterocycles. The highest BCUT2D eigenvalue weighted by Gasteiger charge is 2.15. The quantitative estimate of drug-likeness (QED) is 0.744. The summed E-state index contributed by atoms with van der Waals surface area (Å²) in [5, 5.41) is 9.41. The van der Waals surface area contributed by atoms with E-state index in [2.05, 4.69) is 0 Å². The zero-order valence-electron chi connectivity index (χ0n) is 11.4. The SMILES string of the molecule is O=C(c1ccccc1)c1ccccc1-n1cccc1CO. The first kappa shape index (κ1) is 13.3. The van der Waals surface area contributed by atoms with Gasteiger partial charge in [0.1, 0.15) is 0 Å². The van der Waals surface area contributed by atoms with Crippen LogP contribution in [0.1, 0.15) is 21.6 Å². The van der Waals surface area contributed by atoms with Crippen molar-refractivity contribution in [2.75, 3.05) is 0 Å². The van der Waals surface area contributed by atoms with E-state index in [-0.39, 0.29) is 12.4 Å². The molecular formula is C18H15NO2. The van der Waals surface area contributed by atoms with Crippen LogP contribution < -0.4 is 0 Å². The van der Waals surface area contributed by atoms with Crippen LogP contribution in [0.25, 0.3) is 5.69 Å². The summed E-state index contributed by atoms with van der Waals surface area (Å²) in [7, 11) is 0. The number of hydrogen-bond acceptors (Lipinski definition) is 2. The van der Waals surface area contributed by atoms with Crippen molar-refractivity contribution in [2.24, 2.45) is 0 Å². The summed E-state index contributed by atoms with van der Waals surface area (Å²) in [6.45, 7) is -0.0686. The molecule has 1 heterocycles. The minimum absolute atomic E-state index is 0.0243. The highest BCUT2D eigenvalue weighted by atomic mass is 16.3. The van der Waals surface area contributed by atoms with Gasteiger partial charge < -0.3 is 9.67 Å². The maximum absolute atomic E-state index is 12.7. The zero-order chi connectivity index (χ0) is 14.7. The number of hydrogen-bond donors (Lipinski definition) is 1. The van der Waals surface area contributed by atoms with Crippen LogP contribution >= 0.6 is 0 Å². The molecule has 104 valence electrons. The Bertz CT molecular complexity index is 760. The molecular weight excluding hydrogens is 262 g/mol. The fourth-order valence-corrected chi connectivity index (χ4v) is 2.40. The molecule has 2 aromatic carbocycles. The monoisotopic (exact) mass is 277 g/mol. The minimum atomic E-state index is -0.0686. The number of carbonyl (C=O) groups is 1. The summed E-state index contributed by atoms with van der Waals surface area (Å²) in [6.07, 6.45) is 1.85. The van der Waals surface area contributed by atoms with E-state index in [1.165, 1.54) is 0 Å². The lowest BCUT2D eigenvalue weighted by atomic mass is 10.0. The van der Waals surface area contributed by atoms with Crippen LogP contribution in [0, 0.1) is 0 Å². The first-order valence-electron chi connectivity index (χ1n) is 6.77. The summed E-state index contributed by atoms with van der Waals surface area (Å²) in [5.41, 5.74) is 2.81. The molecule has 1 aromatic heterocycles. The van der Waals surface area contributed by atoms with Crippen LogP contribution in [0.3, 0.4) is 0 Å². The highest BCUT2D eigenvalue weighted by molar-refractivity contribution is 6.11. The lowest BCUT2D eigenvalue weighted by molar-refractivity contribution is 0.103. The fraction of sp³-hybridized carbons (Fsp3) is 0.0556. The molecule has 0 aliphatic rings. The summed E-state index contributed by atoms with van der Waals surface area (Å²) < 4.78 is 1.84. The van der Waals surface area contributed by atoms with Crippen LogP contribution in [-0.2, 0) is 6.61 Å². The van der Waals surface area contributed by atoms with Gasteiger partial charge in [0.25, 0.3) is 0 Å². The highest BCUT2D eigenvalue weighted by Crippen LogP contribution is 2.20. The molecule has 0 radical (unpaired) electrons.